The molecule has 2 aliphatic rings. The number of ketones is 1. The number of carbonyl (C=O) groups excluding carboxylic acids is 2. The molecular formula is C33H40N2O2S2. The van der Waals surface area contributed by atoms with Gasteiger partial charge in [0.05, 0.1) is 0 Å². The van der Waals surface area contributed by atoms with Gasteiger partial charge >= 0.3 is 5.82 Å². The number of hydrogen-bond acceptors (Lipinski definition) is 4. The third-order valence-corrected chi connectivity index (χ3v) is 10.3. The van der Waals surface area contributed by atoms with Gasteiger partial charge in [-0.25, -0.2) is 0 Å². The Labute approximate surface area is 243 Å². The SMILES string of the molecule is Cc1cc(C)c(-n2cc[n+](-c3c(C)cc(C)cc3C)c2C(=O)[C@H]2CC[C@@H](SC(=O)[C@@H]3CC[C@H]([S-])C3)C2)c(C)c1. The second-order valence-electron chi connectivity index (χ2n) is 11.9. The van der Waals surface area contributed by atoms with Gasteiger partial charge in [-0.1, -0.05) is 60.0 Å². The third kappa shape index (κ3) is 5.65. The predicted molar refractivity (Wildman–Crippen MR) is 162 cm³/mol. The second-order valence-corrected chi connectivity index (χ2v) is 13.9. The van der Waals surface area contributed by atoms with E-state index >= 15 is 0 Å². The normalized spacial score (nSPS) is 22.9. The molecule has 6 heteroatoms. The van der Waals surface area contributed by atoms with E-state index in [2.05, 4.69) is 74.9 Å². The molecule has 1 aromatic heterocycles. The van der Waals surface area contributed by atoms with Crippen LogP contribution in [-0.4, -0.2) is 26.0 Å². The van der Waals surface area contributed by atoms with Gasteiger partial charge in [0.2, 0.25) is 5.78 Å². The number of aryl methyl sites for hydroxylation is 6. The Morgan fingerprint density at radius 2 is 1.41 bits per heavy atom. The Kier molecular flexibility index (Phi) is 8.17. The van der Waals surface area contributed by atoms with Crippen molar-refractivity contribution in [2.75, 3.05) is 0 Å². The summed E-state index contributed by atoms with van der Waals surface area (Å²) in [6, 6.07) is 8.75. The molecule has 4 nitrogen and oxygen atoms in total. The van der Waals surface area contributed by atoms with Crippen LogP contribution in [0, 0.1) is 53.4 Å². The smallest absolute Gasteiger partial charge is 0.336 e. The van der Waals surface area contributed by atoms with Crippen LogP contribution in [0.1, 0.15) is 82.5 Å². The van der Waals surface area contributed by atoms with Crippen LogP contribution >= 0.6 is 11.8 Å². The van der Waals surface area contributed by atoms with Crippen molar-refractivity contribution in [3.05, 3.63) is 75.9 Å². The summed E-state index contributed by atoms with van der Waals surface area (Å²) in [6.45, 7) is 12.7. The van der Waals surface area contributed by atoms with Gasteiger partial charge in [0.1, 0.15) is 23.8 Å². The number of benzene rings is 2. The van der Waals surface area contributed by atoms with E-state index in [-0.39, 0.29) is 33.2 Å². The van der Waals surface area contributed by atoms with Crippen LogP contribution in [0.2, 0.25) is 0 Å². The van der Waals surface area contributed by atoms with Gasteiger partial charge in [-0.15, -0.1) is 0 Å². The number of Topliss-reactive ketones (excluding diaryl/α,β-unsaturated/α-hetero) is 1. The highest BCUT2D eigenvalue weighted by atomic mass is 32.2. The highest BCUT2D eigenvalue weighted by molar-refractivity contribution is 8.14. The monoisotopic (exact) mass is 560 g/mol. The molecule has 5 rings (SSSR count). The predicted octanol–water partition coefficient (Wildman–Crippen LogP) is 6.93. The zero-order valence-corrected chi connectivity index (χ0v) is 25.7. The molecule has 0 radical (unpaired) electrons. The quantitative estimate of drug-likeness (QED) is 0.186. The Balaban J connectivity index is 1.51. The number of hydrogen-bond donors (Lipinski definition) is 0. The van der Waals surface area contributed by atoms with E-state index in [0.717, 1.165) is 72.2 Å². The molecule has 4 atom stereocenters. The summed E-state index contributed by atoms with van der Waals surface area (Å²) in [5.74, 6) is 0.877. The van der Waals surface area contributed by atoms with Crippen molar-refractivity contribution in [1.82, 2.24) is 4.57 Å². The van der Waals surface area contributed by atoms with Gasteiger partial charge in [0.15, 0.2) is 5.12 Å². The third-order valence-electron chi connectivity index (χ3n) is 8.55. The summed E-state index contributed by atoms with van der Waals surface area (Å²) in [5.41, 5.74) is 9.21. The summed E-state index contributed by atoms with van der Waals surface area (Å²) in [7, 11) is 0. The summed E-state index contributed by atoms with van der Waals surface area (Å²) in [4.78, 5) is 27.4. The highest BCUT2D eigenvalue weighted by Gasteiger charge is 2.40. The van der Waals surface area contributed by atoms with Crippen molar-refractivity contribution in [3.63, 3.8) is 0 Å². The van der Waals surface area contributed by atoms with Gasteiger partial charge in [-0.05, 0) is 89.5 Å². The molecule has 0 amide bonds. The zero-order chi connectivity index (χ0) is 28.0. The maximum absolute atomic E-state index is 14.5. The minimum atomic E-state index is -0.0948. The van der Waals surface area contributed by atoms with Gasteiger partial charge in [-0.2, -0.15) is 14.4 Å². The first kappa shape index (κ1) is 28.2. The fourth-order valence-electron chi connectivity index (χ4n) is 6.98. The highest BCUT2D eigenvalue weighted by Crippen LogP contribution is 2.40. The first-order valence-corrected chi connectivity index (χ1v) is 15.6. The average molecular weight is 561 g/mol. The number of rotatable bonds is 6. The van der Waals surface area contributed by atoms with Crippen LogP contribution in [0.5, 0.6) is 0 Å². The Morgan fingerprint density at radius 1 is 0.821 bits per heavy atom. The van der Waals surface area contributed by atoms with E-state index in [1.165, 1.54) is 22.9 Å². The van der Waals surface area contributed by atoms with Crippen LogP contribution in [0.15, 0.2) is 36.7 Å². The van der Waals surface area contributed by atoms with Crippen molar-refractivity contribution >= 4 is 35.3 Å². The molecule has 0 N–H and O–H groups in total. The minimum Gasteiger partial charge on any atom is -0.789 e. The van der Waals surface area contributed by atoms with Crippen LogP contribution in [0.4, 0.5) is 0 Å². The van der Waals surface area contributed by atoms with Crippen molar-refractivity contribution < 1.29 is 14.2 Å². The molecule has 0 saturated heterocycles. The second kappa shape index (κ2) is 11.3. The van der Waals surface area contributed by atoms with Crippen molar-refractivity contribution in [3.8, 4) is 11.4 Å². The Bertz CT molecular complexity index is 1320. The maximum Gasteiger partial charge on any atom is 0.336 e. The molecule has 0 bridgehead atoms. The largest absolute Gasteiger partial charge is 0.789 e. The molecule has 2 aromatic carbocycles. The Morgan fingerprint density at radius 3 is 2.00 bits per heavy atom. The van der Waals surface area contributed by atoms with Crippen LogP contribution in [0.3, 0.4) is 0 Å². The standard InChI is InChI=1S/C33H40N2O2S2/c1-19-13-21(3)29(22(4)14-19)34-11-12-35(30-23(5)15-20(2)16-24(30)6)32(34)31(36)25-8-10-28(18-25)39-33(37)26-7-9-27(38)17-26/h11-16,25-28H,7-10,17-18H2,1-6H3/t25-,26+,27-,28+/m0/s1. The van der Waals surface area contributed by atoms with E-state index in [9.17, 15) is 9.59 Å². The lowest BCUT2D eigenvalue weighted by molar-refractivity contribution is -0.598. The molecule has 2 fully saturated rings. The topological polar surface area (TPSA) is 43.0 Å². The van der Waals surface area contributed by atoms with Crippen molar-refractivity contribution in [2.24, 2.45) is 11.8 Å². The minimum absolute atomic E-state index is 0.0948. The molecule has 0 unspecified atom stereocenters. The van der Waals surface area contributed by atoms with Gasteiger partial charge in [-0.3, -0.25) is 9.59 Å². The fraction of sp³-hybridized carbons (Fsp3) is 0.485. The molecule has 39 heavy (non-hydrogen) atoms. The summed E-state index contributed by atoms with van der Waals surface area (Å²) in [6.07, 6.45) is 9.32. The molecule has 1 heterocycles. The number of carbonyl (C=O) groups is 2. The first-order chi connectivity index (χ1) is 18.5. The number of thioether (sulfide) groups is 1. The fourth-order valence-corrected chi connectivity index (χ4v) is 8.66. The average Bonchev–Trinajstić information content (AvgIpc) is 3.58. The van der Waals surface area contributed by atoms with Gasteiger partial charge in [0.25, 0.3) is 0 Å². The number of nitrogens with zero attached hydrogens (tertiary/aromatic N) is 2. The van der Waals surface area contributed by atoms with Crippen molar-refractivity contribution in [1.29, 1.82) is 0 Å². The molecule has 0 aliphatic heterocycles. The first-order valence-electron chi connectivity index (χ1n) is 14.2. The Hall–Kier alpha value is -2.31. The summed E-state index contributed by atoms with van der Waals surface area (Å²) in [5, 5.41) is 0.733. The molecule has 0 spiro atoms. The maximum atomic E-state index is 14.5. The number of aromatic nitrogens is 2. The zero-order valence-electron chi connectivity index (χ0n) is 24.0. The van der Waals surface area contributed by atoms with Crippen molar-refractivity contribution in [2.45, 2.75) is 90.6 Å². The van der Waals surface area contributed by atoms with Crippen LogP contribution in [0.25, 0.3) is 11.4 Å². The van der Waals surface area contributed by atoms with E-state index in [1.807, 2.05) is 12.4 Å². The van der Waals surface area contributed by atoms with E-state index in [0.29, 0.717) is 5.82 Å². The van der Waals surface area contributed by atoms with Gasteiger partial charge in [0, 0.05) is 17.1 Å². The lowest BCUT2D eigenvalue weighted by atomic mass is 10.00. The van der Waals surface area contributed by atoms with E-state index < -0.39 is 0 Å². The van der Waals surface area contributed by atoms with E-state index in [1.54, 1.807) is 0 Å². The van der Waals surface area contributed by atoms with E-state index in [4.69, 9.17) is 12.6 Å². The molecule has 206 valence electrons. The summed E-state index contributed by atoms with van der Waals surface area (Å²) >= 11 is 6.91. The van der Waals surface area contributed by atoms with Crippen LogP contribution < -0.4 is 4.57 Å². The lowest BCUT2D eigenvalue weighted by Crippen LogP contribution is -2.40. The molecule has 2 saturated carbocycles. The molecular weight excluding hydrogens is 521 g/mol. The summed E-state index contributed by atoms with van der Waals surface area (Å²) < 4.78 is 4.22. The van der Waals surface area contributed by atoms with Crippen LogP contribution in [-0.2, 0) is 17.4 Å². The lowest BCUT2D eigenvalue weighted by Gasteiger charge is -2.16. The molecule has 2 aliphatic carbocycles. The van der Waals surface area contributed by atoms with Gasteiger partial charge < -0.3 is 12.6 Å². The number of imidazole rings is 1. The molecule has 3 aromatic rings.